The number of thiazole rings is 1. The van der Waals surface area contributed by atoms with Crippen LogP contribution in [0.15, 0.2) is 57.8 Å². The largest absolute Gasteiger partial charge is 0.304 e. The number of hydrogen-bond acceptors (Lipinski definition) is 5. The van der Waals surface area contributed by atoms with Crippen LogP contribution in [0.2, 0.25) is 0 Å². The normalized spacial score (nSPS) is 12.2. The van der Waals surface area contributed by atoms with Crippen molar-refractivity contribution < 1.29 is 13.3 Å². The number of rotatable bonds is 4. The lowest BCUT2D eigenvalue weighted by molar-refractivity contribution is -0.384. The van der Waals surface area contributed by atoms with E-state index in [0.717, 1.165) is 11.3 Å². The van der Waals surface area contributed by atoms with Gasteiger partial charge in [0.25, 0.3) is 15.7 Å². The molecule has 0 atom stereocenters. The molecule has 0 fully saturated rings. The lowest BCUT2D eigenvalue weighted by Gasteiger charge is -2.00. The number of sulfonamides is 1. The first-order chi connectivity index (χ1) is 11.9. The summed E-state index contributed by atoms with van der Waals surface area (Å²) in [4.78, 5) is 10.6. The van der Waals surface area contributed by atoms with Crippen LogP contribution in [0.25, 0.3) is 10.2 Å². The first-order valence-corrected chi connectivity index (χ1v) is 9.25. The second kappa shape index (κ2) is 6.51. The third-order valence-electron chi connectivity index (χ3n) is 3.37. The quantitative estimate of drug-likeness (QED) is 0.399. The van der Waals surface area contributed by atoms with Gasteiger partial charge in [-0.25, -0.2) is 0 Å². The fraction of sp³-hybridized carbons (Fsp3) is 0.0625. The summed E-state index contributed by atoms with van der Waals surface area (Å²) < 4.78 is 30.9. The lowest BCUT2D eigenvalue weighted by atomic mass is 10.3. The van der Waals surface area contributed by atoms with Gasteiger partial charge in [0, 0.05) is 12.1 Å². The summed E-state index contributed by atoms with van der Waals surface area (Å²) in [6.07, 6.45) is 5.37. The molecular formula is C16H11N3O4S2. The van der Waals surface area contributed by atoms with E-state index in [1.54, 1.807) is 22.8 Å². The molecule has 0 aliphatic rings. The summed E-state index contributed by atoms with van der Waals surface area (Å²) in [6.45, 7) is 0.0982. The zero-order valence-electron chi connectivity index (χ0n) is 12.7. The molecule has 0 saturated heterocycles. The molecule has 7 nitrogen and oxygen atoms in total. The number of fused-ring (bicyclic) bond motifs is 1. The van der Waals surface area contributed by atoms with Crippen LogP contribution in [0.4, 0.5) is 5.69 Å². The lowest BCUT2D eigenvalue weighted by Crippen LogP contribution is -2.16. The highest BCUT2D eigenvalue weighted by molar-refractivity contribution is 7.90. The molecule has 2 aromatic carbocycles. The molecule has 0 bridgehead atoms. The van der Waals surface area contributed by atoms with Crippen molar-refractivity contribution in [2.24, 2.45) is 4.40 Å². The van der Waals surface area contributed by atoms with Crippen LogP contribution in [0.1, 0.15) is 0 Å². The van der Waals surface area contributed by atoms with Crippen LogP contribution >= 0.6 is 11.3 Å². The molecule has 3 aromatic rings. The minimum absolute atomic E-state index is 0.0608. The number of terminal acetylenes is 1. The van der Waals surface area contributed by atoms with Gasteiger partial charge in [0.15, 0.2) is 0 Å². The van der Waals surface area contributed by atoms with E-state index in [9.17, 15) is 18.5 Å². The van der Waals surface area contributed by atoms with Gasteiger partial charge < -0.3 is 4.57 Å². The highest BCUT2D eigenvalue weighted by Crippen LogP contribution is 2.23. The van der Waals surface area contributed by atoms with E-state index in [-0.39, 0.29) is 21.9 Å². The highest BCUT2D eigenvalue weighted by atomic mass is 32.2. The molecule has 25 heavy (non-hydrogen) atoms. The molecule has 0 radical (unpaired) electrons. The average molecular weight is 373 g/mol. The third-order valence-corrected chi connectivity index (χ3v) is 5.80. The van der Waals surface area contributed by atoms with Gasteiger partial charge >= 0.3 is 0 Å². The van der Waals surface area contributed by atoms with Crippen molar-refractivity contribution in [3.05, 3.63) is 63.4 Å². The first-order valence-electron chi connectivity index (χ1n) is 7.00. The van der Waals surface area contributed by atoms with E-state index in [1.165, 1.54) is 30.3 Å². The molecule has 0 N–H and O–H groups in total. The Morgan fingerprint density at radius 3 is 2.60 bits per heavy atom. The van der Waals surface area contributed by atoms with Crippen LogP contribution in [-0.2, 0) is 16.6 Å². The van der Waals surface area contributed by atoms with Gasteiger partial charge in [0.2, 0.25) is 4.80 Å². The molecule has 0 amide bonds. The summed E-state index contributed by atoms with van der Waals surface area (Å²) in [5.74, 6) is 2.45. The Bertz CT molecular complexity index is 1170. The second-order valence-corrected chi connectivity index (χ2v) is 7.58. The summed E-state index contributed by atoms with van der Waals surface area (Å²) >= 11 is 1.03. The van der Waals surface area contributed by atoms with E-state index in [0.29, 0.717) is 10.2 Å². The van der Waals surface area contributed by atoms with E-state index in [4.69, 9.17) is 6.42 Å². The second-order valence-electron chi connectivity index (χ2n) is 4.96. The number of hydrogen-bond donors (Lipinski definition) is 0. The predicted molar refractivity (Wildman–Crippen MR) is 94.5 cm³/mol. The zero-order valence-corrected chi connectivity index (χ0v) is 14.3. The predicted octanol–water partition coefficient (Wildman–Crippen LogP) is 2.53. The number of nitrogens with zero attached hydrogens (tertiary/aromatic N) is 3. The Labute approximate surface area is 147 Å². The number of benzene rings is 2. The van der Waals surface area contributed by atoms with Crippen molar-refractivity contribution in [3.8, 4) is 12.3 Å². The van der Waals surface area contributed by atoms with Crippen LogP contribution in [0.3, 0.4) is 0 Å². The van der Waals surface area contributed by atoms with Crippen molar-refractivity contribution in [2.75, 3.05) is 0 Å². The van der Waals surface area contributed by atoms with Gasteiger partial charge in [-0.2, -0.15) is 8.42 Å². The van der Waals surface area contributed by atoms with Crippen molar-refractivity contribution >= 4 is 37.3 Å². The van der Waals surface area contributed by atoms with E-state index < -0.39 is 14.9 Å². The Morgan fingerprint density at radius 1 is 1.24 bits per heavy atom. The van der Waals surface area contributed by atoms with Crippen LogP contribution < -0.4 is 4.80 Å². The van der Waals surface area contributed by atoms with Crippen molar-refractivity contribution in [1.82, 2.24) is 4.57 Å². The Hall–Kier alpha value is -2.96. The van der Waals surface area contributed by atoms with Crippen molar-refractivity contribution in [1.29, 1.82) is 0 Å². The first kappa shape index (κ1) is 16.9. The number of non-ortho nitro benzene ring substituents is 1. The zero-order chi connectivity index (χ0) is 18.0. The summed E-state index contributed by atoms with van der Waals surface area (Å²) in [7, 11) is -3.92. The molecular weight excluding hydrogens is 362 g/mol. The van der Waals surface area contributed by atoms with Crippen molar-refractivity contribution in [2.45, 2.75) is 11.4 Å². The topological polar surface area (TPSA) is 94.6 Å². The highest BCUT2D eigenvalue weighted by Gasteiger charge is 2.15. The molecule has 0 aliphatic carbocycles. The Kier molecular flexibility index (Phi) is 4.39. The maximum atomic E-state index is 12.5. The third kappa shape index (κ3) is 3.31. The monoisotopic (exact) mass is 373 g/mol. The molecule has 0 saturated carbocycles. The van der Waals surface area contributed by atoms with Gasteiger partial charge in [0.05, 0.1) is 26.6 Å². The Balaban J connectivity index is 2.26. The maximum absolute atomic E-state index is 12.5. The number of aromatic nitrogens is 1. The number of nitro benzene ring substituents is 1. The molecule has 0 unspecified atom stereocenters. The molecule has 0 aliphatic heterocycles. The molecule has 126 valence electrons. The van der Waals surface area contributed by atoms with Crippen LogP contribution in [0, 0.1) is 22.5 Å². The molecule has 9 heteroatoms. The molecule has 1 heterocycles. The maximum Gasteiger partial charge on any atom is 0.285 e. The molecule has 3 rings (SSSR count). The van der Waals surface area contributed by atoms with E-state index in [1.807, 2.05) is 0 Å². The average Bonchev–Trinajstić information content (AvgIpc) is 2.92. The van der Waals surface area contributed by atoms with E-state index >= 15 is 0 Å². The van der Waals surface area contributed by atoms with Crippen LogP contribution in [-0.4, -0.2) is 17.9 Å². The van der Waals surface area contributed by atoms with Gasteiger partial charge in [-0.3, -0.25) is 10.1 Å². The van der Waals surface area contributed by atoms with Gasteiger partial charge in [-0.1, -0.05) is 35.5 Å². The van der Waals surface area contributed by atoms with Crippen LogP contribution in [0.5, 0.6) is 0 Å². The number of nitro groups is 1. The minimum Gasteiger partial charge on any atom is -0.304 e. The summed E-state index contributed by atoms with van der Waals surface area (Å²) in [5, 5.41) is 10.9. The Morgan fingerprint density at radius 2 is 1.96 bits per heavy atom. The fourth-order valence-corrected chi connectivity index (χ4v) is 4.52. The van der Waals surface area contributed by atoms with Gasteiger partial charge in [-0.15, -0.1) is 10.8 Å². The van der Waals surface area contributed by atoms with E-state index in [2.05, 4.69) is 10.3 Å². The summed E-state index contributed by atoms with van der Waals surface area (Å²) in [6, 6.07) is 12.1. The fourth-order valence-electron chi connectivity index (χ4n) is 2.24. The molecule has 1 aromatic heterocycles. The smallest absolute Gasteiger partial charge is 0.285 e. The standard InChI is InChI=1S/C16H11N3O4S2/c1-2-10-18-14-9-8-12(19(20)21)11-15(14)24-16(18)17-25(22,23)13-6-4-3-5-7-13/h1,3-9,11H,10H2. The summed E-state index contributed by atoms with van der Waals surface area (Å²) in [5.41, 5.74) is 0.509. The SMILES string of the molecule is C#CCn1c(=NS(=O)(=O)c2ccccc2)sc2cc([N+](=O)[O-])ccc21. The minimum atomic E-state index is -3.92. The molecule has 0 spiro atoms. The van der Waals surface area contributed by atoms with Gasteiger partial charge in [0.1, 0.15) is 0 Å². The van der Waals surface area contributed by atoms with Gasteiger partial charge in [-0.05, 0) is 18.2 Å². The van der Waals surface area contributed by atoms with Crippen molar-refractivity contribution in [3.63, 3.8) is 0 Å².